The van der Waals surface area contributed by atoms with E-state index in [0.29, 0.717) is 19.6 Å². The molecule has 1 fully saturated rings. The summed E-state index contributed by atoms with van der Waals surface area (Å²) in [6.07, 6.45) is 9.83. The Balaban J connectivity index is 1.85. The molecule has 0 bridgehead atoms. The van der Waals surface area contributed by atoms with Gasteiger partial charge in [-0.3, -0.25) is 14.5 Å². The summed E-state index contributed by atoms with van der Waals surface area (Å²) in [4.78, 5) is 30.9. The fraction of sp³-hybridized carbons (Fsp3) is 0.697. The number of fused-ring (bicyclic) bond motifs is 1. The monoisotopic (exact) mass is 556 g/mol. The molecule has 224 valence electrons. The maximum absolute atomic E-state index is 13.8. The third-order valence-electron chi connectivity index (χ3n) is 8.51. The van der Waals surface area contributed by atoms with Crippen LogP contribution in [-0.4, -0.2) is 97.8 Å². The Morgan fingerprint density at radius 1 is 1.18 bits per heavy atom. The summed E-state index contributed by atoms with van der Waals surface area (Å²) in [6, 6.07) is 5.94. The van der Waals surface area contributed by atoms with Gasteiger partial charge in [0.05, 0.1) is 46.8 Å². The SMILES string of the molecule is C/C=C/C(C)(C)C[C@H]1[C@H](C(=O)O)[C@@H](c2ccc3c(c2)CCO3)CN1CC(=O)N(CCCC)CCCC[N+](C)(C)C. The van der Waals surface area contributed by atoms with Gasteiger partial charge in [0.1, 0.15) is 5.75 Å². The first-order valence-corrected chi connectivity index (χ1v) is 15.3. The lowest BCUT2D eigenvalue weighted by molar-refractivity contribution is -0.870. The molecular formula is C33H54N3O4+. The van der Waals surface area contributed by atoms with Gasteiger partial charge in [-0.05, 0) is 55.2 Å². The average molecular weight is 557 g/mol. The first kappa shape index (κ1) is 32.1. The van der Waals surface area contributed by atoms with E-state index in [1.165, 1.54) is 0 Å². The van der Waals surface area contributed by atoms with E-state index in [1.807, 2.05) is 30.0 Å². The molecule has 7 nitrogen and oxygen atoms in total. The van der Waals surface area contributed by atoms with Gasteiger partial charge in [-0.2, -0.15) is 0 Å². The molecule has 0 unspecified atom stereocenters. The molecule has 1 saturated heterocycles. The second kappa shape index (κ2) is 14.0. The molecule has 1 amide bonds. The molecule has 1 N–H and O–H groups in total. The zero-order valence-corrected chi connectivity index (χ0v) is 26.1. The number of benzene rings is 1. The molecule has 0 aliphatic carbocycles. The van der Waals surface area contributed by atoms with E-state index in [-0.39, 0.29) is 29.8 Å². The molecule has 2 aliphatic rings. The first-order chi connectivity index (χ1) is 18.8. The predicted octanol–water partition coefficient (Wildman–Crippen LogP) is 5.20. The summed E-state index contributed by atoms with van der Waals surface area (Å²) in [7, 11) is 6.60. The van der Waals surface area contributed by atoms with Crippen LogP contribution in [0.5, 0.6) is 5.75 Å². The summed E-state index contributed by atoms with van der Waals surface area (Å²) >= 11 is 0. The normalized spacial score (nSPS) is 21.5. The Bertz CT molecular complexity index is 1030. The lowest BCUT2D eigenvalue weighted by atomic mass is 9.77. The number of ether oxygens (including phenoxy) is 1. The summed E-state index contributed by atoms with van der Waals surface area (Å²) in [5, 5.41) is 10.6. The number of nitrogens with zero attached hydrogens (tertiary/aromatic N) is 3. The molecule has 3 rings (SSSR count). The molecule has 7 heteroatoms. The van der Waals surface area contributed by atoms with Crippen LogP contribution in [0.1, 0.15) is 76.8 Å². The molecule has 1 aromatic carbocycles. The third kappa shape index (κ3) is 8.81. The summed E-state index contributed by atoms with van der Waals surface area (Å²) in [6.45, 7) is 12.6. The number of carboxylic acid groups (broad SMARTS) is 1. The van der Waals surface area contributed by atoms with Crippen molar-refractivity contribution in [2.75, 3.05) is 60.5 Å². The van der Waals surface area contributed by atoms with Crippen molar-refractivity contribution >= 4 is 11.9 Å². The van der Waals surface area contributed by atoms with Crippen molar-refractivity contribution in [3.63, 3.8) is 0 Å². The molecule has 2 aliphatic heterocycles. The first-order valence-electron chi connectivity index (χ1n) is 15.3. The standard InChI is InChI=1S/C33H53N3O4/c1-8-10-17-34(18-11-12-19-36(5,6)7)30(37)24-35-23-27(25-13-14-29-26(21-25)15-20-40-29)31(32(38)39)28(35)22-33(3,4)16-9-2/h9,13-14,16,21,27-28,31H,8,10-12,15,17-20,22-24H2,1-7H3/p+1/b16-9+/t27-,28+,31-/m1/s1. The highest BCUT2D eigenvalue weighted by atomic mass is 16.5. The van der Waals surface area contributed by atoms with E-state index in [9.17, 15) is 14.7 Å². The minimum Gasteiger partial charge on any atom is -0.493 e. The third-order valence-corrected chi connectivity index (χ3v) is 8.51. The van der Waals surface area contributed by atoms with Crippen LogP contribution in [-0.2, 0) is 16.0 Å². The summed E-state index contributed by atoms with van der Waals surface area (Å²) in [5.41, 5.74) is 2.02. The Morgan fingerprint density at radius 2 is 1.90 bits per heavy atom. The summed E-state index contributed by atoms with van der Waals surface area (Å²) < 4.78 is 6.63. The fourth-order valence-electron chi connectivity index (χ4n) is 6.45. The molecule has 0 aromatic heterocycles. The van der Waals surface area contributed by atoms with Crippen LogP contribution in [0.3, 0.4) is 0 Å². The topological polar surface area (TPSA) is 70.1 Å². The van der Waals surface area contributed by atoms with Crippen LogP contribution in [0, 0.1) is 11.3 Å². The smallest absolute Gasteiger partial charge is 0.308 e. The lowest BCUT2D eigenvalue weighted by Crippen LogP contribution is -2.46. The summed E-state index contributed by atoms with van der Waals surface area (Å²) in [5.74, 6) is -0.494. The highest BCUT2D eigenvalue weighted by molar-refractivity contribution is 5.79. The van der Waals surface area contributed by atoms with Crippen LogP contribution in [0.2, 0.25) is 0 Å². The van der Waals surface area contributed by atoms with Gasteiger partial charge in [-0.1, -0.05) is 51.5 Å². The fourth-order valence-corrected chi connectivity index (χ4v) is 6.45. The minimum atomic E-state index is -0.777. The van der Waals surface area contributed by atoms with Gasteiger partial charge in [-0.15, -0.1) is 0 Å². The van der Waals surface area contributed by atoms with Crippen molar-refractivity contribution < 1.29 is 23.9 Å². The number of quaternary nitrogens is 1. The van der Waals surface area contributed by atoms with Gasteiger partial charge in [0, 0.05) is 38.0 Å². The van der Waals surface area contributed by atoms with E-state index in [1.54, 1.807) is 0 Å². The van der Waals surface area contributed by atoms with Crippen LogP contribution in [0.25, 0.3) is 0 Å². The molecule has 0 spiro atoms. The molecular weight excluding hydrogens is 502 g/mol. The Kier molecular flexibility index (Phi) is 11.2. The Labute approximate surface area is 242 Å². The zero-order valence-electron chi connectivity index (χ0n) is 26.1. The molecule has 2 heterocycles. The number of aliphatic carboxylic acids is 1. The van der Waals surface area contributed by atoms with Crippen LogP contribution >= 0.6 is 0 Å². The number of unbranched alkanes of at least 4 members (excludes halogenated alkanes) is 2. The molecule has 0 saturated carbocycles. The van der Waals surface area contributed by atoms with Gasteiger partial charge < -0.3 is 19.2 Å². The molecule has 0 radical (unpaired) electrons. The van der Waals surface area contributed by atoms with Gasteiger partial charge in [-0.25, -0.2) is 0 Å². The Morgan fingerprint density at radius 3 is 2.55 bits per heavy atom. The highest BCUT2D eigenvalue weighted by Crippen LogP contribution is 2.43. The number of amides is 1. The maximum Gasteiger partial charge on any atom is 0.308 e. The van der Waals surface area contributed by atoms with Crippen molar-refractivity contribution in [3.05, 3.63) is 41.5 Å². The minimum absolute atomic E-state index is 0.125. The quantitative estimate of drug-likeness (QED) is 0.183. The van der Waals surface area contributed by atoms with Crippen molar-refractivity contribution in [3.8, 4) is 5.75 Å². The number of carbonyl (C=O) groups is 2. The van der Waals surface area contributed by atoms with E-state index >= 15 is 0 Å². The van der Waals surface area contributed by atoms with Crippen molar-refractivity contribution in [1.82, 2.24) is 9.80 Å². The highest BCUT2D eigenvalue weighted by Gasteiger charge is 2.48. The van der Waals surface area contributed by atoms with Crippen molar-refractivity contribution in [2.45, 2.75) is 78.2 Å². The van der Waals surface area contributed by atoms with Gasteiger partial charge >= 0.3 is 5.97 Å². The number of hydrogen-bond acceptors (Lipinski definition) is 4. The number of allylic oxidation sites excluding steroid dienone is 2. The number of carboxylic acids is 1. The number of hydrogen-bond donors (Lipinski definition) is 1. The van der Waals surface area contributed by atoms with E-state index in [0.717, 1.165) is 73.1 Å². The van der Waals surface area contributed by atoms with Crippen LogP contribution in [0.4, 0.5) is 0 Å². The van der Waals surface area contributed by atoms with Gasteiger partial charge in [0.25, 0.3) is 0 Å². The molecule has 40 heavy (non-hydrogen) atoms. The van der Waals surface area contributed by atoms with Crippen LogP contribution < -0.4 is 4.74 Å². The second-order valence-corrected chi connectivity index (χ2v) is 13.6. The predicted molar refractivity (Wildman–Crippen MR) is 162 cm³/mol. The Hall–Kier alpha value is -2.38. The average Bonchev–Trinajstić information content (AvgIpc) is 3.46. The van der Waals surface area contributed by atoms with Crippen LogP contribution in [0.15, 0.2) is 30.4 Å². The van der Waals surface area contributed by atoms with Crippen molar-refractivity contribution in [1.29, 1.82) is 0 Å². The maximum atomic E-state index is 13.8. The van der Waals surface area contributed by atoms with Gasteiger partial charge in [0.2, 0.25) is 5.91 Å². The lowest BCUT2D eigenvalue weighted by Gasteiger charge is -2.34. The van der Waals surface area contributed by atoms with E-state index in [4.69, 9.17) is 4.74 Å². The molecule has 1 aromatic rings. The van der Waals surface area contributed by atoms with E-state index < -0.39 is 11.9 Å². The zero-order chi connectivity index (χ0) is 29.5. The number of likely N-dealkylation sites (tertiary alicyclic amines) is 1. The largest absolute Gasteiger partial charge is 0.493 e. The second-order valence-electron chi connectivity index (χ2n) is 13.6. The van der Waals surface area contributed by atoms with Gasteiger partial charge in [0.15, 0.2) is 0 Å². The van der Waals surface area contributed by atoms with E-state index in [2.05, 4.69) is 59.0 Å². The number of rotatable bonds is 15. The van der Waals surface area contributed by atoms with Crippen molar-refractivity contribution in [2.24, 2.45) is 11.3 Å². The number of carbonyl (C=O) groups excluding carboxylic acids is 1. The molecule has 3 atom stereocenters.